The van der Waals surface area contributed by atoms with Gasteiger partial charge >= 0.3 is 5.97 Å². The van der Waals surface area contributed by atoms with Crippen LogP contribution in [0.2, 0.25) is 0 Å². The summed E-state index contributed by atoms with van der Waals surface area (Å²) in [5, 5.41) is 0. The molecule has 0 heterocycles. The predicted molar refractivity (Wildman–Crippen MR) is 66.4 cm³/mol. The Kier molecular flexibility index (Phi) is 2.24. The first-order valence-corrected chi connectivity index (χ1v) is 6.82. The van der Waals surface area contributed by atoms with E-state index in [0.717, 1.165) is 37.0 Å². The van der Waals surface area contributed by atoms with Crippen molar-refractivity contribution in [3.8, 4) is 0 Å². The molecule has 0 amide bonds. The third-order valence-electron chi connectivity index (χ3n) is 5.70. The summed E-state index contributed by atoms with van der Waals surface area (Å²) in [7, 11) is 0. The van der Waals surface area contributed by atoms with Crippen molar-refractivity contribution in [1.82, 2.24) is 0 Å². The van der Waals surface area contributed by atoms with Gasteiger partial charge < -0.3 is 4.74 Å². The molecular formula is C15H22O2. The Morgan fingerprint density at radius 1 is 1.41 bits per heavy atom. The Labute approximate surface area is 103 Å². The maximum atomic E-state index is 11.5. The SMILES string of the molecule is C=CC(=O)OC12CC3CC(C1)C(C)C(C)(C3)C2. The number of hydrogen-bond donors (Lipinski definition) is 0. The molecular weight excluding hydrogens is 212 g/mol. The molecule has 0 aliphatic heterocycles. The number of rotatable bonds is 2. The van der Waals surface area contributed by atoms with Crippen LogP contribution < -0.4 is 0 Å². The van der Waals surface area contributed by atoms with E-state index in [4.69, 9.17) is 4.74 Å². The van der Waals surface area contributed by atoms with Crippen LogP contribution in [-0.4, -0.2) is 11.6 Å². The lowest BCUT2D eigenvalue weighted by Gasteiger charge is -2.63. The topological polar surface area (TPSA) is 26.3 Å². The van der Waals surface area contributed by atoms with Crippen molar-refractivity contribution in [3.63, 3.8) is 0 Å². The van der Waals surface area contributed by atoms with E-state index in [1.165, 1.54) is 18.9 Å². The third-order valence-corrected chi connectivity index (χ3v) is 5.70. The van der Waals surface area contributed by atoms with Crippen molar-refractivity contribution in [2.45, 2.75) is 51.6 Å². The lowest BCUT2D eigenvalue weighted by Crippen LogP contribution is -2.59. The van der Waals surface area contributed by atoms with Crippen molar-refractivity contribution < 1.29 is 9.53 Å². The van der Waals surface area contributed by atoms with E-state index < -0.39 is 0 Å². The summed E-state index contributed by atoms with van der Waals surface area (Å²) >= 11 is 0. The fourth-order valence-electron chi connectivity index (χ4n) is 5.12. The van der Waals surface area contributed by atoms with Crippen molar-refractivity contribution in [3.05, 3.63) is 12.7 Å². The highest BCUT2D eigenvalue weighted by Gasteiger charge is 2.60. The average molecular weight is 234 g/mol. The molecule has 0 spiro atoms. The van der Waals surface area contributed by atoms with Gasteiger partial charge in [0.1, 0.15) is 5.60 Å². The Balaban J connectivity index is 1.89. The first-order valence-electron chi connectivity index (χ1n) is 6.82. The van der Waals surface area contributed by atoms with Gasteiger partial charge in [-0.05, 0) is 55.3 Å². The fourth-order valence-corrected chi connectivity index (χ4v) is 5.12. The highest BCUT2D eigenvalue weighted by atomic mass is 16.6. The molecule has 0 aromatic carbocycles. The molecule has 5 atom stereocenters. The standard InChI is InChI=1S/C15H22O2/c1-4-13(16)17-15-7-11-5-12(8-15)10(2)14(3,6-11)9-15/h4,10-12H,1,5-9H2,2-3H3. The van der Waals surface area contributed by atoms with Crippen LogP contribution >= 0.6 is 0 Å². The largest absolute Gasteiger partial charge is 0.456 e. The molecule has 17 heavy (non-hydrogen) atoms. The summed E-state index contributed by atoms with van der Waals surface area (Å²) < 4.78 is 5.76. The number of ether oxygens (including phenoxy) is 1. The van der Waals surface area contributed by atoms with E-state index in [9.17, 15) is 4.79 Å². The molecule has 2 nitrogen and oxygen atoms in total. The van der Waals surface area contributed by atoms with Gasteiger partial charge in [-0.2, -0.15) is 0 Å². The van der Waals surface area contributed by atoms with Gasteiger partial charge in [-0.3, -0.25) is 0 Å². The van der Waals surface area contributed by atoms with Gasteiger partial charge in [-0.15, -0.1) is 0 Å². The van der Waals surface area contributed by atoms with Crippen molar-refractivity contribution in [1.29, 1.82) is 0 Å². The van der Waals surface area contributed by atoms with Crippen LogP contribution in [0.15, 0.2) is 12.7 Å². The van der Waals surface area contributed by atoms with Crippen LogP contribution in [0.5, 0.6) is 0 Å². The molecule has 4 bridgehead atoms. The van der Waals surface area contributed by atoms with Crippen LogP contribution in [0, 0.1) is 23.2 Å². The minimum absolute atomic E-state index is 0.154. The maximum Gasteiger partial charge on any atom is 0.330 e. The molecule has 0 aromatic heterocycles. The Bertz CT molecular complexity index is 375. The summed E-state index contributed by atoms with van der Waals surface area (Å²) in [5.41, 5.74) is 0.240. The lowest BCUT2D eigenvalue weighted by molar-refractivity contribution is -0.209. The van der Waals surface area contributed by atoms with E-state index in [0.29, 0.717) is 5.41 Å². The van der Waals surface area contributed by atoms with E-state index in [1.807, 2.05) is 0 Å². The fraction of sp³-hybridized carbons (Fsp3) is 0.800. The Morgan fingerprint density at radius 3 is 2.82 bits per heavy atom. The van der Waals surface area contributed by atoms with Gasteiger partial charge in [0.25, 0.3) is 0 Å². The third kappa shape index (κ3) is 1.56. The molecule has 0 N–H and O–H groups in total. The quantitative estimate of drug-likeness (QED) is 0.541. The van der Waals surface area contributed by atoms with Crippen molar-refractivity contribution in [2.75, 3.05) is 0 Å². The van der Waals surface area contributed by atoms with Crippen LogP contribution in [0.3, 0.4) is 0 Å². The van der Waals surface area contributed by atoms with Crippen LogP contribution in [0.4, 0.5) is 0 Å². The molecule has 0 radical (unpaired) electrons. The summed E-state index contributed by atoms with van der Waals surface area (Å²) in [4.78, 5) is 11.5. The van der Waals surface area contributed by atoms with Crippen molar-refractivity contribution in [2.24, 2.45) is 23.2 Å². The normalized spacial score (nSPS) is 51.3. The van der Waals surface area contributed by atoms with Gasteiger partial charge in [0.15, 0.2) is 0 Å². The zero-order chi connectivity index (χ0) is 12.3. The van der Waals surface area contributed by atoms with Gasteiger partial charge in [0, 0.05) is 6.08 Å². The highest BCUT2D eigenvalue weighted by Crippen LogP contribution is 2.64. The zero-order valence-electron chi connectivity index (χ0n) is 10.9. The van der Waals surface area contributed by atoms with E-state index in [1.54, 1.807) is 0 Å². The number of esters is 1. The second-order valence-electron chi connectivity index (χ2n) is 6.90. The summed E-state index contributed by atoms with van der Waals surface area (Å²) in [6.07, 6.45) is 7.23. The zero-order valence-corrected chi connectivity index (χ0v) is 10.9. The molecule has 4 aliphatic carbocycles. The minimum atomic E-state index is -0.233. The lowest BCUT2D eigenvalue weighted by atomic mass is 9.44. The summed E-state index contributed by atoms with van der Waals surface area (Å²) in [6, 6.07) is 0. The molecule has 0 saturated heterocycles. The van der Waals surface area contributed by atoms with E-state index in [2.05, 4.69) is 20.4 Å². The number of carbonyl (C=O) groups is 1. The molecule has 4 rings (SSSR count). The molecule has 5 unspecified atom stereocenters. The molecule has 2 heteroatoms. The first kappa shape index (κ1) is 11.3. The molecule has 0 aromatic rings. The highest BCUT2D eigenvalue weighted by molar-refractivity contribution is 5.81. The number of hydrogen-bond acceptors (Lipinski definition) is 2. The molecule has 4 saturated carbocycles. The van der Waals surface area contributed by atoms with Gasteiger partial charge in [0.2, 0.25) is 0 Å². The van der Waals surface area contributed by atoms with E-state index >= 15 is 0 Å². The Morgan fingerprint density at radius 2 is 2.18 bits per heavy atom. The van der Waals surface area contributed by atoms with Gasteiger partial charge in [0.05, 0.1) is 0 Å². The Hall–Kier alpha value is -0.790. The van der Waals surface area contributed by atoms with E-state index in [-0.39, 0.29) is 11.6 Å². The number of carbonyl (C=O) groups excluding carboxylic acids is 1. The molecule has 94 valence electrons. The maximum absolute atomic E-state index is 11.5. The molecule has 4 aliphatic rings. The van der Waals surface area contributed by atoms with Crippen LogP contribution in [0.25, 0.3) is 0 Å². The second kappa shape index (κ2) is 3.37. The van der Waals surface area contributed by atoms with Crippen molar-refractivity contribution >= 4 is 5.97 Å². The molecule has 4 fully saturated rings. The smallest absolute Gasteiger partial charge is 0.330 e. The summed E-state index contributed by atoms with van der Waals surface area (Å²) in [6.45, 7) is 8.31. The van der Waals surface area contributed by atoms with Gasteiger partial charge in [-0.1, -0.05) is 20.4 Å². The summed E-state index contributed by atoms with van der Waals surface area (Å²) in [5.74, 6) is 2.10. The first-order chi connectivity index (χ1) is 7.96. The minimum Gasteiger partial charge on any atom is -0.456 e. The predicted octanol–water partition coefficient (Wildman–Crippen LogP) is 3.32. The second-order valence-corrected chi connectivity index (χ2v) is 6.90. The monoisotopic (exact) mass is 234 g/mol. The van der Waals surface area contributed by atoms with Crippen LogP contribution in [0.1, 0.15) is 46.0 Å². The van der Waals surface area contributed by atoms with Crippen LogP contribution in [-0.2, 0) is 9.53 Å². The van der Waals surface area contributed by atoms with Gasteiger partial charge in [-0.25, -0.2) is 4.79 Å². The average Bonchev–Trinajstić information content (AvgIpc) is 2.23.